The minimum Gasteiger partial charge on any atom is -0.494 e. The van der Waals surface area contributed by atoms with Gasteiger partial charge in [0.2, 0.25) is 0 Å². The van der Waals surface area contributed by atoms with Crippen LogP contribution in [0.1, 0.15) is 18.4 Å². The van der Waals surface area contributed by atoms with E-state index in [4.69, 9.17) is 4.74 Å². The lowest BCUT2D eigenvalue weighted by Crippen LogP contribution is -1.97. The van der Waals surface area contributed by atoms with E-state index in [0.717, 1.165) is 24.0 Å². The lowest BCUT2D eigenvalue weighted by atomic mass is 10.2. The van der Waals surface area contributed by atoms with Gasteiger partial charge in [-0.1, -0.05) is 24.8 Å². The third-order valence-electron chi connectivity index (χ3n) is 1.85. The molecule has 0 radical (unpaired) electrons. The van der Waals surface area contributed by atoms with E-state index in [9.17, 15) is 4.79 Å². The first-order chi connectivity index (χ1) is 6.86. The molecule has 0 bridgehead atoms. The number of benzene rings is 1. The monoisotopic (exact) mass is 190 g/mol. The molecule has 0 aliphatic heterocycles. The summed E-state index contributed by atoms with van der Waals surface area (Å²) in [5.41, 5.74) is 1.07. The van der Waals surface area contributed by atoms with Gasteiger partial charge in [-0.05, 0) is 24.1 Å². The fourth-order valence-corrected chi connectivity index (χ4v) is 1.06. The molecule has 2 nitrogen and oxygen atoms in total. The minimum absolute atomic E-state index is 0.560. The molecule has 0 spiro atoms. The van der Waals surface area contributed by atoms with E-state index < -0.39 is 0 Å². The van der Waals surface area contributed by atoms with Gasteiger partial charge < -0.3 is 9.53 Å². The number of aldehydes is 1. The van der Waals surface area contributed by atoms with Crippen LogP contribution in [0.15, 0.2) is 30.8 Å². The molecule has 1 aromatic rings. The average molecular weight is 190 g/mol. The van der Waals surface area contributed by atoms with E-state index in [-0.39, 0.29) is 0 Å². The Morgan fingerprint density at radius 2 is 2.00 bits per heavy atom. The molecule has 0 heterocycles. The average Bonchev–Trinajstić information content (AvgIpc) is 2.25. The number of ether oxygens (including phenoxy) is 1. The summed E-state index contributed by atoms with van der Waals surface area (Å²) in [6.07, 6.45) is 4.03. The van der Waals surface area contributed by atoms with Crippen molar-refractivity contribution in [2.75, 3.05) is 6.61 Å². The third-order valence-corrected chi connectivity index (χ3v) is 1.85. The quantitative estimate of drug-likeness (QED) is 0.509. The topological polar surface area (TPSA) is 26.3 Å². The Morgan fingerprint density at radius 1 is 1.29 bits per heavy atom. The molecule has 0 atom stereocenters. The highest BCUT2D eigenvalue weighted by Gasteiger charge is 1.92. The van der Waals surface area contributed by atoms with Crippen molar-refractivity contribution in [2.24, 2.45) is 0 Å². The minimum atomic E-state index is 0.560. The van der Waals surface area contributed by atoms with Crippen LogP contribution in [0.4, 0.5) is 0 Å². The van der Waals surface area contributed by atoms with Crippen LogP contribution in [-0.4, -0.2) is 12.9 Å². The van der Waals surface area contributed by atoms with Gasteiger partial charge in [-0.3, -0.25) is 0 Å². The van der Waals surface area contributed by atoms with Crippen molar-refractivity contribution in [3.8, 4) is 5.75 Å². The van der Waals surface area contributed by atoms with Crippen LogP contribution in [0.3, 0.4) is 0 Å². The van der Waals surface area contributed by atoms with Gasteiger partial charge in [0.15, 0.2) is 0 Å². The first-order valence-corrected chi connectivity index (χ1v) is 4.66. The maximum Gasteiger partial charge on any atom is 0.120 e. The van der Waals surface area contributed by atoms with Crippen molar-refractivity contribution in [3.05, 3.63) is 36.4 Å². The summed E-state index contributed by atoms with van der Waals surface area (Å²) in [5.74, 6) is 0.835. The molecule has 14 heavy (non-hydrogen) atoms. The van der Waals surface area contributed by atoms with E-state index in [1.807, 2.05) is 24.3 Å². The molecule has 2 heteroatoms. The van der Waals surface area contributed by atoms with Gasteiger partial charge in [-0.15, -0.1) is 0 Å². The Kier molecular flexibility index (Phi) is 4.48. The normalized spacial score (nSPS) is 9.43. The second kappa shape index (κ2) is 5.97. The number of hydrogen-bond acceptors (Lipinski definition) is 2. The second-order valence-corrected chi connectivity index (χ2v) is 2.93. The summed E-state index contributed by atoms with van der Waals surface area (Å²) in [7, 11) is 0. The highest BCUT2D eigenvalue weighted by molar-refractivity contribution is 5.49. The lowest BCUT2D eigenvalue weighted by Gasteiger charge is -2.04. The fraction of sp³-hybridized carbons (Fsp3) is 0.250. The summed E-state index contributed by atoms with van der Waals surface area (Å²) >= 11 is 0. The summed E-state index contributed by atoms with van der Waals surface area (Å²) in [6, 6.07) is 7.69. The smallest absolute Gasteiger partial charge is 0.120 e. The predicted octanol–water partition coefficient (Wildman–Crippen LogP) is 2.69. The summed E-state index contributed by atoms with van der Waals surface area (Å²) in [6.45, 7) is 4.26. The van der Waals surface area contributed by atoms with Gasteiger partial charge in [-0.25, -0.2) is 0 Å². The zero-order valence-corrected chi connectivity index (χ0v) is 8.11. The lowest BCUT2D eigenvalue weighted by molar-refractivity contribution is -0.108. The largest absolute Gasteiger partial charge is 0.494 e. The van der Waals surface area contributed by atoms with Gasteiger partial charge in [0, 0.05) is 6.42 Å². The van der Waals surface area contributed by atoms with Crippen molar-refractivity contribution in [3.63, 3.8) is 0 Å². The zero-order chi connectivity index (χ0) is 10.2. The van der Waals surface area contributed by atoms with Gasteiger partial charge >= 0.3 is 0 Å². The number of carbonyl (C=O) groups is 1. The molecule has 0 saturated carbocycles. The SMILES string of the molecule is C=Cc1ccc(OCCCC=O)cc1. The molecule has 0 aromatic heterocycles. The Labute approximate surface area is 84.2 Å². The van der Waals surface area contributed by atoms with E-state index in [1.54, 1.807) is 6.08 Å². The summed E-state index contributed by atoms with van der Waals surface area (Å²) < 4.78 is 5.41. The van der Waals surface area contributed by atoms with Crippen LogP contribution in [-0.2, 0) is 4.79 Å². The maximum absolute atomic E-state index is 10.0. The highest BCUT2D eigenvalue weighted by Crippen LogP contribution is 2.12. The van der Waals surface area contributed by atoms with E-state index in [0.29, 0.717) is 13.0 Å². The molecule has 0 saturated heterocycles. The molecule has 74 valence electrons. The fourth-order valence-electron chi connectivity index (χ4n) is 1.06. The van der Waals surface area contributed by atoms with Crippen LogP contribution < -0.4 is 4.74 Å². The predicted molar refractivity (Wildman–Crippen MR) is 57.3 cm³/mol. The van der Waals surface area contributed by atoms with Gasteiger partial charge in [0.05, 0.1) is 6.61 Å². The number of rotatable bonds is 6. The van der Waals surface area contributed by atoms with Crippen LogP contribution in [0.2, 0.25) is 0 Å². The number of carbonyl (C=O) groups excluding carboxylic acids is 1. The molecule has 1 rings (SSSR count). The molecule has 0 unspecified atom stereocenters. The molecular formula is C12H14O2. The first-order valence-electron chi connectivity index (χ1n) is 4.66. The van der Waals surface area contributed by atoms with Crippen LogP contribution in [0.5, 0.6) is 5.75 Å². The van der Waals surface area contributed by atoms with E-state index in [2.05, 4.69) is 6.58 Å². The Bertz CT molecular complexity index is 288. The summed E-state index contributed by atoms with van der Waals surface area (Å²) in [4.78, 5) is 10.0. The van der Waals surface area contributed by atoms with Crippen molar-refractivity contribution in [2.45, 2.75) is 12.8 Å². The molecule has 0 aliphatic carbocycles. The number of unbranched alkanes of at least 4 members (excludes halogenated alkanes) is 1. The van der Waals surface area contributed by atoms with Crippen molar-refractivity contribution in [1.29, 1.82) is 0 Å². The van der Waals surface area contributed by atoms with E-state index in [1.165, 1.54) is 0 Å². The number of hydrogen-bond donors (Lipinski definition) is 0. The van der Waals surface area contributed by atoms with Crippen LogP contribution >= 0.6 is 0 Å². The van der Waals surface area contributed by atoms with Crippen molar-refractivity contribution in [1.82, 2.24) is 0 Å². The summed E-state index contributed by atoms with van der Waals surface area (Å²) in [5, 5.41) is 0. The zero-order valence-electron chi connectivity index (χ0n) is 8.11. The molecular weight excluding hydrogens is 176 g/mol. The van der Waals surface area contributed by atoms with Gasteiger partial charge in [-0.2, -0.15) is 0 Å². The standard InChI is InChI=1S/C12H14O2/c1-2-11-5-7-12(8-6-11)14-10-4-3-9-13/h2,5-9H,1,3-4,10H2. The Hall–Kier alpha value is -1.57. The van der Waals surface area contributed by atoms with Crippen molar-refractivity contribution >= 4 is 12.4 Å². The van der Waals surface area contributed by atoms with Crippen molar-refractivity contribution < 1.29 is 9.53 Å². The molecule has 0 N–H and O–H groups in total. The van der Waals surface area contributed by atoms with Crippen LogP contribution in [0.25, 0.3) is 6.08 Å². The first kappa shape index (κ1) is 10.5. The second-order valence-electron chi connectivity index (χ2n) is 2.93. The molecule has 0 amide bonds. The Balaban J connectivity index is 2.36. The highest BCUT2D eigenvalue weighted by atomic mass is 16.5. The van der Waals surface area contributed by atoms with Gasteiger partial charge in [0.25, 0.3) is 0 Å². The molecule has 0 aliphatic rings. The van der Waals surface area contributed by atoms with Gasteiger partial charge in [0.1, 0.15) is 12.0 Å². The maximum atomic E-state index is 10.0. The van der Waals surface area contributed by atoms with E-state index >= 15 is 0 Å². The molecule has 0 fully saturated rings. The molecule has 1 aromatic carbocycles. The third kappa shape index (κ3) is 3.44. The van der Waals surface area contributed by atoms with Crippen LogP contribution in [0, 0.1) is 0 Å². The Morgan fingerprint density at radius 3 is 2.57 bits per heavy atom.